The first-order valence-electron chi connectivity index (χ1n) is 8.92. The Morgan fingerprint density at radius 2 is 1.80 bits per heavy atom. The maximum atomic E-state index is 4.86. The van der Waals surface area contributed by atoms with Gasteiger partial charge in [-0.2, -0.15) is 0 Å². The predicted octanol–water partition coefficient (Wildman–Crippen LogP) is 5.70. The Balaban J connectivity index is 1.59. The number of nitrogens with one attached hydrogen (secondary N) is 1. The Hall–Kier alpha value is -2.27. The number of aromatic nitrogens is 3. The molecule has 0 atom stereocenters. The Labute approximate surface area is 152 Å². The van der Waals surface area contributed by atoms with Gasteiger partial charge in [0.2, 0.25) is 5.95 Å². The van der Waals surface area contributed by atoms with Gasteiger partial charge in [0, 0.05) is 17.8 Å². The van der Waals surface area contributed by atoms with Crippen LogP contribution in [0.5, 0.6) is 0 Å². The summed E-state index contributed by atoms with van der Waals surface area (Å²) in [6.07, 6.45) is 8.39. The number of hydrogen-bond donors (Lipinski definition) is 1. The van der Waals surface area contributed by atoms with E-state index < -0.39 is 0 Å². The van der Waals surface area contributed by atoms with Crippen LogP contribution in [0.3, 0.4) is 0 Å². The summed E-state index contributed by atoms with van der Waals surface area (Å²) in [7, 11) is 0. The van der Waals surface area contributed by atoms with Crippen LogP contribution in [-0.4, -0.2) is 15.0 Å². The maximum Gasteiger partial charge on any atom is 0.227 e. The van der Waals surface area contributed by atoms with Crippen LogP contribution in [0, 0.1) is 6.92 Å². The number of anilines is 2. The average molecular weight is 350 g/mol. The van der Waals surface area contributed by atoms with E-state index >= 15 is 0 Å². The number of aryl methyl sites for hydroxylation is 1. The minimum Gasteiger partial charge on any atom is -0.324 e. The Bertz CT molecular complexity index is 838. The summed E-state index contributed by atoms with van der Waals surface area (Å²) in [6.45, 7) is 2.09. The van der Waals surface area contributed by atoms with E-state index in [2.05, 4.69) is 17.2 Å². The van der Waals surface area contributed by atoms with Crippen LogP contribution >= 0.6 is 11.3 Å². The van der Waals surface area contributed by atoms with Gasteiger partial charge in [-0.05, 0) is 38.0 Å². The maximum absolute atomic E-state index is 4.86. The average Bonchev–Trinajstić information content (AvgIpc) is 3.05. The topological polar surface area (TPSA) is 50.7 Å². The fourth-order valence-corrected chi connectivity index (χ4v) is 4.58. The predicted molar refractivity (Wildman–Crippen MR) is 103 cm³/mol. The molecule has 1 aliphatic rings. The second-order valence-electron chi connectivity index (χ2n) is 6.56. The van der Waals surface area contributed by atoms with Gasteiger partial charge in [0.15, 0.2) is 0 Å². The molecule has 1 aromatic carbocycles. The third-order valence-corrected chi connectivity index (χ3v) is 6.03. The van der Waals surface area contributed by atoms with E-state index in [1.54, 1.807) is 11.3 Å². The molecule has 4 nitrogen and oxygen atoms in total. The lowest BCUT2D eigenvalue weighted by atomic mass is 9.90. The minimum absolute atomic E-state index is 0.621. The second-order valence-corrected chi connectivity index (χ2v) is 7.59. The highest BCUT2D eigenvalue weighted by atomic mass is 32.1. The smallest absolute Gasteiger partial charge is 0.227 e. The molecule has 3 aromatic rings. The van der Waals surface area contributed by atoms with Crippen molar-refractivity contribution >= 4 is 23.0 Å². The lowest BCUT2D eigenvalue weighted by Crippen LogP contribution is -2.03. The fourth-order valence-electron chi connectivity index (χ4n) is 3.38. The van der Waals surface area contributed by atoms with Crippen molar-refractivity contribution in [2.45, 2.75) is 44.9 Å². The molecule has 0 aliphatic heterocycles. The molecule has 0 bridgehead atoms. The molecule has 2 heterocycles. The zero-order valence-electron chi connectivity index (χ0n) is 14.4. The van der Waals surface area contributed by atoms with Gasteiger partial charge in [-0.15, -0.1) is 11.3 Å². The molecule has 0 amide bonds. The molecule has 0 saturated heterocycles. The van der Waals surface area contributed by atoms with Crippen LogP contribution in [0.15, 0.2) is 42.6 Å². The molecule has 1 fully saturated rings. The highest BCUT2D eigenvalue weighted by molar-refractivity contribution is 7.15. The second kappa shape index (κ2) is 7.31. The molecule has 128 valence electrons. The fraction of sp³-hybridized carbons (Fsp3) is 0.350. The molecular weight excluding hydrogens is 328 g/mol. The summed E-state index contributed by atoms with van der Waals surface area (Å²) in [5.41, 5.74) is 3.02. The summed E-state index contributed by atoms with van der Waals surface area (Å²) < 4.78 is 0. The Kier molecular flexibility index (Phi) is 4.74. The van der Waals surface area contributed by atoms with Crippen LogP contribution in [0.1, 0.15) is 48.7 Å². The highest BCUT2D eigenvalue weighted by Crippen LogP contribution is 2.38. The van der Waals surface area contributed by atoms with E-state index in [0.29, 0.717) is 11.9 Å². The normalized spacial score (nSPS) is 15.2. The van der Waals surface area contributed by atoms with E-state index in [1.165, 1.54) is 42.0 Å². The first-order valence-corrected chi connectivity index (χ1v) is 9.74. The number of nitrogens with zero attached hydrogens (tertiary/aromatic N) is 3. The molecule has 4 rings (SSSR count). The molecule has 0 unspecified atom stereocenters. The molecule has 25 heavy (non-hydrogen) atoms. The van der Waals surface area contributed by atoms with Crippen LogP contribution in [0.25, 0.3) is 10.6 Å². The third-order valence-electron chi connectivity index (χ3n) is 4.69. The van der Waals surface area contributed by atoms with Gasteiger partial charge >= 0.3 is 0 Å². The van der Waals surface area contributed by atoms with Crippen LogP contribution in [-0.2, 0) is 0 Å². The van der Waals surface area contributed by atoms with E-state index in [4.69, 9.17) is 9.97 Å². The first-order chi connectivity index (χ1) is 12.3. The Morgan fingerprint density at radius 3 is 2.60 bits per heavy atom. The van der Waals surface area contributed by atoms with Crippen molar-refractivity contribution < 1.29 is 0 Å². The lowest BCUT2D eigenvalue weighted by molar-refractivity contribution is 0.442. The van der Waals surface area contributed by atoms with Gasteiger partial charge in [-0.1, -0.05) is 37.5 Å². The molecule has 1 N–H and O–H groups in total. The van der Waals surface area contributed by atoms with Crippen molar-refractivity contribution in [3.05, 3.63) is 53.3 Å². The van der Waals surface area contributed by atoms with Crippen LogP contribution in [0.2, 0.25) is 0 Å². The molecule has 2 aromatic heterocycles. The quantitative estimate of drug-likeness (QED) is 0.656. The first kappa shape index (κ1) is 16.2. The minimum atomic E-state index is 0.621. The standard InChI is InChI=1S/C20H22N4S/c1-14-18(25-19(22-14)15-8-4-2-5-9-15)17-12-13-21-20(24-17)23-16-10-6-3-7-11-16/h3,6-7,10-13,15H,2,4-5,8-9H2,1H3,(H,21,23,24). The molecule has 0 spiro atoms. The Morgan fingerprint density at radius 1 is 1.00 bits per heavy atom. The van der Waals surface area contributed by atoms with Crippen molar-refractivity contribution in [3.8, 4) is 10.6 Å². The van der Waals surface area contributed by atoms with Gasteiger partial charge in [0.05, 0.1) is 21.3 Å². The van der Waals surface area contributed by atoms with E-state index in [-0.39, 0.29) is 0 Å². The number of benzene rings is 1. The number of para-hydroxylation sites is 1. The van der Waals surface area contributed by atoms with E-state index in [0.717, 1.165) is 17.1 Å². The van der Waals surface area contributed by atoms with Gasteiger partial charge < -0.3 is 5.32 Å². The van der Waals surface area contributed by atoms with Crippen molar-refractivity contribution in [3.63, 3.8) is 0 Å². The third kappa shape index (κ3) is 3.71. The zero-order chi connectivity index (χ0) is 17.1. The van der Waals surface area contributed by atoms with Crippen molar-refractivity contribution in [2.24, 2.45) is 0 Å². The van der Waals surface area contributed by atoms with Gasteiger partial charge in [0.1, 0.15) is 0 Å². The number of rotatable bonds is 4. The lowest BCUT2D eigenvalue weighted by Gasteiger charge is -2.18. The summed E-state index contributed by atoms with van der Waals surface area (Å²) in [4.78, 5) is 15.1. The largest absolute Gasteiger partial charge is 0.324 e. The highest BCUT2D eigenvalue weighted by Gasteiger charge is 2.21. The van der Waals surface area contributed by atoms with Crippen molar-refractivity contribution in [1.29, 1.82) is 0 Å². The summed E-state index contributed by atoms with van der Waals surface area (Å²) in [5, 5.41) is 4.55. The van der Waals surface area contributed by atoms with E-state index in [1.807, 2.05) is 42.6 Å². The van der Waals surface area contributed by atoms with E-state index in [9.17, 15) is 0 Å². The zero-order valence-corrected chi connectivity index (χ0v) is 15.2. The monoisotopic (exact) mass is 350 g/mol. The number of thiazole rings is 1. The van der Waals surface area contributed by atoms with Gasteiger partial charge in [-0.3, -0.25) is 0 Å². The van der Waals surface area contributed by atoms with Gasteiger partial charge in [0.25, 0.3) is 0 Å². The van der Waals surface area contributed by atoms with Crippen molar-refractivity contribution in [1.82, 2.24) is 15.0 Å². The molecule has 1 saturated carbocycles. The van der Waals surface area contributed by atoms with Crippen molar-refractivity contribution in [2.75, 3.05) is 5.32 Å². The van der Waals surface area contributed by atoms with Crippen LogP contribution < -0.4 is 5.32 Å². The molecule has 5 heteroatoms. The summed E-state index contributed by atoms with van der Waals surface area (Å²) >= 11 is 1.80. The molecule has 0 radical (unpaired) electrons. The van der Waals surface area contributed by atoms with Gasteiger partial charge in [-0.25, -0.2) is 15.0 Å². The number of hydrogen-bond acceptors (Lipinski definition) is 5. The summed E-state index contributed by atoms with van der Waals surface area (Å²) in [5.74, 6) is 1.26. The SMILES string of the molecule is Cc1nc(C2CCCCC2)sc1-c1ccnc(Nc2ccccc2)n1. The molecular formula is C20H22N4S. The van der Waals surface area contributed by atoms with Crippen LogP contribution in [0.4, 0.5) is 11.6 Å². The summed E-state index contributed by atoms with van der Waals surface area (Å²) in [6, 6.07) is 12.0. The molecule has 1 aliphatic carbocycles.